The number of benzene rings is 3. The van der Waals surface area contributed by atoms with Crippen LogP contribution in [-0.2, 0) is 16.1 Å². The van der Waals surface area contributed by atoms with Gasteiger partial charge in [0.2, 0.25) is 0 Å². The van der Waals surface area contributed by atoms with Crippen LogP contribution in [0.3, 0.4) is 0 Å². The second-order valence-corrected chi connectivity index (χ2v) is 9.04. The predicted octanol–water partition coefficient (Wildman–Crippen LogP) is 5.11. The topological polar surface area (TPSA) is 67.9 Å². The summed E-state index contributed by atoms with van der Waals surface area (Å²) in [7, 11) is 1.57. The largest absolute Gasteiger partial charge is 0.497 e. The van der Waals surface area contributed by atoms with Crippen LogP contribution in [0, 0.1) is 0 Å². The van der Waals surface area contributed by atoms with Crippen molar-refractivity contribution in [2.24, 2.45) is 0 Å². The number of rotatable bonds is 8. The second-order valence-electron chi connectivity index (χ2n) is 7.36. The summed E-state index contributed by atoms with van der Waals surface area (Å²) in [5, 5.41) is 2.78. The molecule has 0 radical (unpaired) electrons. The molecule has 0 unspecified atom stereocenters. The molecule has 0 aromatic heterocycles. The molecule has 4 rings (SSSR count). The molecule has 172 valence electrons. The van der Waals surface area contributed by atoms with Gasteiger partial charge in [0.15, 0.2) is 6.61 Å². The number of carbonyl (C=O) groups is 2. The van der Waals surface area contributed by atoms with Crippen LogP contribution in [0.1, 0.15) is 11.1 Å². The van der Waals surface area contributed by atoms with Crippen molar-refractivity contribution in [3.8, 4) is 11.5 Å². The van der Waals surface area contributed by atoms with Gasteiger partial charge in [-0.2, -0.15) is 0 Å². The maximum Gasteiger partial charge on any atom is 0.266 e. The Balaban J connectivity index is 1.43. The number of hydrogen-bond acceptors (Lipinski definition) is 6. The van der Waals surface area contributed by atoms with Crippen LogP contribution < -0.4 is 14.8 Å². The number of thiocarbonyl (C=S) groups is 1. The first kappa shape index (κ1) is 23.5. The lowest BCUT2D eigenvalue weighted by Gasteiger charge is -2.14. The summed E-state index contributed by atoms with van der Waals surface area (Å²) in [6.07, 6.45) is 1.75. The van der Waals surface area contributed by atoms with Gasteiger partial charge >= 0.3 is 0 Å². The summed E-state index contributed by atoms with van der Waals surface area (Å²) in [6.45, 7) is 0.239. The van der Waals surface area contributed by atoms with Gasteiger partial charge in [-0.3, -0.25) is 14.5 Å². The number of carbonyl (C=O) groups excluding carboxylic acids is 2. The second kappa shape index (κ2) is 11.0. The van der Waals surface area contributed by atoms with Crippen molar-refractivity contribution in [1.82, 2.24) is 4.90 Å². The van der Waals surface area contributed by atoms with Crippen LogP contribution in [0.2, 0.25) is 0 Å². The Bertz CT molecular complexity index is 1240. The molecule has 3 aromatic rings. The van der Waals surface area contributed by atoms with E-state index in [1.807, 2.05) is 48.5 Å². The zero-order chi connectivity index (χ0) is 23.9. The highest BCUT2D eigenvalue weighted by molar-refractivity contribution is 8.26. The molecular weight excluding hydrogens is 468 g/mol. The van der Waals surface area contributed by atoms with Crippen molar-refractivity contribution < 1.29 is 19.1 Å². The fourth-order valence-corrected chi connectivity index (χ4v) is 4.56. The molecule has 0 aliphatic carbocycles. The van der Waals surface area contributed by atoms with E-state index in [-0.39, 0.29) is 18.4 Å². The maximum absolute atomic E-state index is 13.0. The SMILES string of the molecule is COc1cccc(NC(=O)COc2ccccc2/C=C2\SC(=S)N(Cc3ccccc3)C2=O)c1. The Morgan fingerprint density at radius 1 is 1.06 bits per heavy atom. The smallest absolute Gasteiger partial charge is 0.266 e. The number of para-hydroxylation sites is 1. The molecule has 0 spiro atoms. The van der Waals surface area contributed by atoms with Crippen molar-refractivity contribution in [3.63, 3.8) is 0 Å². The zero-order valence-electron chi connectivity index (χ0n) is 18.4. The molecule has 1 fully saturated rings. The maximum atomic E-state index is 13.0. The summed E-state index contributed by atoms with van der Waals surface area (Å²) in [6, 6.07) is 24.0. The Kier molecular flexibility index (Phi) is 7.61. The van der Waals surface area contributed by atoms with E-state index in [4.69, 9.17) is 21.7 Å². The average Bonchev–Trinajstić information content (AvgIpc) is 3.11. The van der Waals surface area contributed by atoms with Gasteiger partial charge in [0, 0.05) is 17.3 Å². The third kappa shape index (κ3) is 5.84. The fourth-order valence-electron chi connectivity index (χ4n) is 3.32. The molecule has 2 amide bonds. The Morgan fingerprint density at radius 2 is 1.82 bits per heavy atom. The number of nitrogens with one attached hydrogen (secondary N) is 1. The first-order valence-electron chi connectivity index (χ1n) is 10.5. The van der Waals surface area contributed by atoms with E-state index in [2.05, 4.69) is 5.32 Å². The molecule has 1 N–H and O–H groups in total. The van der Waals surface area contributed by atoms with Gasteiger partial charge in [-0.15, -0.1) is 0 Å². The van der Waals surface area contributed by atoms with Gasteiger partial charge in [-0.25, -0.2) is 0 Å². The van der Waals surface area contributed by atoms with Gasteiger partial charge in [-0.05, 0) is 29.8 Å². The summed E-state index contributed by atoms with van der Waals surface area (Å²) < 4.78 is 11.4. The van der Waals surface area contributed by atoms with Crippen molar-refractivity contribution in [2.45, 2.75) is 6.54 Å². The van der Waals surface area contributed by atoms with E-state index in [9.17, 15) is 9.59 Å². The summed E-state index contributed by atoms with van der Waals surface area (Å²) in [5.41, 5.74) is 2.31. The predicted molar refractivity (Wildman–Crippen MR) is 139 cm³/mol. The molecular formula is C26H22N2O4S2. The number of nitrogens with zero attached hydrogens (tertiary/aromatic N) is 1. The van der Waals surface area contributed by atoms with Crippen molar-refractivity contribution in [2.75, 3.05) is 19.0 Å². The molecule has 1 heterocycles. The Labute approximate surface area is 207 Å². The van der Waals surface area contributed by atoms with Gasteiger partial charge in [-0.1, -0.05) is 78.6 Å². The number of ether oxygens (including phenoxy) is 2. The number of hydrogen-bond donors (Lipinski definition) is 1. The normalized spacial score (nSPS) is 14.4. The van der Waals surface area contributed by atoms with Crippen LogP contribution in [0.15, 0.2) is 83.8 Å². The minimum absolute atomic E-state index is 0.149. The summed E-state index contributed by atoms with van der Waals surface area (Å²) >= 11 is 6.70. The number of amides is 2. The monoisotopic (exact) mass is 490 g/mol. The summed E-state index contributed by atoms with van der Waals surface area (Å²) in [4.78, 5) is 27.5. The minimum Gasteiger partial charge on any atom is -0.497 e. The molecule has 1 aliphatic heterocycles. The van der Waals surface area contributed by atoms with E-state index in [0.717, 1.165) is 5.56 Å². The van der Waals surface area contributed by atoms with Crippen LogP contribution in [0.5, 0.6) is 11.5 Å². The van der Waals surface area contributed by atoms with Crippen molar-refractivity contribution >= 4 is 51.9 Å². The lowest BCUT2D eigenvalue weighted by atomic mass is 10.1. The third-order valence-corrected chi connectivity index (χ3v) is 6.35. The van der Waals surface area contributed by atoms with Gasteiger partial charge in [0.1, 0.15) is 15.8 Å². The lowest BCUT2D eigenvalue weighted by Crippen LogP contribution is -2.27. The highest BCUT2D eigenvalue weighted by atomic mass is 32.2. The van der Waals surface area contributed by atoms with Crippen LogP contribution in [0.4, 0.5) is 5.69 Å². The van der Waals surface area contributed by atoms with Crippen molar-refractivity contribution in [3.05, 3.63) is 94.9 Å². The van der Waals surface area contributed by atoms with Crippen LogP contribution in [0.25, 0.3) is 6.08 Å². The minimum atomic E-state index is -0.308. The Morgan fingerprint density at radius 3 is 2.62 bits per heavy atom. The Hall–Kier alpha value is -3.62. The number of anilines is 1. The quantitative estimate of drug-likeness (QED) is 0.349. The van der Waals surface area contributed by atoms with E-state index in [0.29, 0.717) is 38.5 Å². The molecule has 3 aromatic carbocycles. The van der Waals surface area contributed by atoms with Gasteiger partial charge in [0.25, 0.3) is 11.8 Å². The molecule has 1 aliphatic rings. The third-order valence-electron chi connectivity index (χ3n) is 4.97. The zero-order valence-corrected chi connectivity index (χ0v) is 20.0. The van der Waals surface area contributed by atoms with E-state index >= 15 is 0 Å². The van der Waals surface area contributed by atoms with Gasteiger partial charge < -0.3 is 14.8 Å². The van der Waals surface area contributed by atoms with Crippen LogP contribution >= 0.6 is 24.0 Å². The van der Waals surface area contributed by atoms with Crippen LogP contribution in [-0.4, -0.2) is 34.8 Å². The number of thioether (sulfide) groups is 1. The van der Waals surface area contributed by atoms with Gasteiger partial charge in [0.05, 0.1) is 18.6 Å². The first-order valence-corrected chi connectivity index (χ1v) is 11.7. The molecule has 0 atom stereocenters. The highest BCUT2D eigenvalue weighted by Crippen LogP contribution is 2.35. The summed E-state index contributed by atoms with van der Waals surface area (Å²) in [5.74, 6) is 0.687. The van der Waals surface area contributed by atoms with E-state index in [1.165, 1.54) is 11.8 Å². The molecule has 0 saturated carbocycles. The van der Waals surface area contributed by atoms with E-state index < -0.39 is 0 Å². The fraction of sp³-hybridized carbons (Fsp3) is 0.115. The first-order chi connectivity index (χ1) is 16.5. The highest BCUT2D eigenvalue weighted by Gasteiger charge is 2.32. The molecule has 6 nitrogen and oxygen atoms in total. The standard InChI is InChI=1S/C26H22N2O4S2/c1-31-21-12-7-11-20(15-21)27-24(29)17-32-22-13-6-5-10-19(22)14-23-25(30)28(26(33)34-23)16-18-8-3-2-4-9-18/h2-15H,16-17H2,1H3,(H,27,29)/b23-14-. The number of methoxy groups -OCH3 is 1. The lowest BCUT2D eigenvalue weighted by molar-refractivity contribution is -0.122. The van der Waals surface area contributed by atoms with Crippen molar-refractivity contribution in [1.29, 1.82) is 0 Å². The molecule has 1 saturated heterocycles. The average molecular weight is 491 g/mol. The molecule has 34 heavy (non-hydrogen) atoms. The van der Waals surface area contributed by atoms with E-state index in [1.54, 1.807) is 48.4 Å². The molecule has 8 heteroatoms. The molecule has 0 bridgehead atoms.